The van der Waals surface area contributed by atoms with Crippen molar-refractivity contribution in [2.24, 2.45) is 0 Å². The molecule has 2 aromatic carbocycles. The predicted molar refractivity (Wildman–Crippen MR) is 104 cm³/mol. The number of piperazine rings is 1. The number of benzene rings is 2. The number of hydrogen-bond acceptors (Lipinski definition) is 6. The van der Waals surface area contributed by atoms with Gasteiger partial charge in [0.05, 0.1) is 12.0 Å². The molecule has 3 rings (SSSR count). The van der Waals surface area contributed by atoms with Gasteiger partial charge in [-0.15, -0.1) is 0 Å². The number of hydrogen-bond donors (Lipinski definition) is 0. The van der Waals surface area contributed by atoms with Crippen LogP contribution in [0.2, 0.25) is 0 Å². The fourth-order valence-electron chi connectivity index (χ4n) is 3.04. The molecule has 1 aliphatic rings. The molecular formula is C18H22N3O5P. The summed E-state index contributed by atoms with van der Waals surface area (Å²) in [4.78, 5) is 12.5. The van der Waals surface area contributed by atoms with Crippen molar-refractivity contribution < 1.29 is 18.7 Å². The minimum Gasteiger partial charge on any atom is -0.493 e. The summed E-state index contributed by atoms with van der Waals surface area (Å²) in [6.45, 7) is 4.07. The van der Waals surface area contributed by atoms with E-state index in [4.69, 9.17) is 9.26 Å². The number of methoxy groups -OCH3 is 1. The van der Waals surface area contributed by atoms with E-state index in [0.717, 1.165) is 5.69 Å². The van der Waals surface area contributed by atoms with Gasteiger partial charge in [-0.3, -0.25) is 14.7 Å². The van der Waals surface area contributed by atoms with Crippen LogP contribution in [0.1, 0.15) is 0 Å². The van der Waals surface area contributed by atoms with Crippen molar-refractivity contribution in [3.8, 4) is 11.5 Å². The highest BCUT2D eigenvalue weighted by Crippen LogP contribution is 2.49. The molecular weight excluding hydrogens is 369 g/mol. The number of para-hydroxylation sites is 2. The number of nitrogens with zero attached hydrogens (tertiary/aromatic N) is 3. The smallest absolute Gasteiger partial charge is 0.316 e. The molecule has 0 spiro atoms. The average Bonchev–Trinajstić information content (AvgIpc) is 2.68. The molecule has 0 aliphatic carbocycles. The summed E-state index contributed by atoms with van der Waals surface area (Å²) in [6.07, 6.45) is 0. The first-order valence-corrected chi connectivity index (χ1v) is 10.6. The normalized spacial score (nSPS) is 17.2. The van der Waals surface area contributed by atoms with Gasteiger partial charge in [-0.05, 0) is 24.3 Å². The van der Waals surface area contributed by atoms with E-state index in [1.54, 1.807) is 38.0 Å². The van der Waals surface area contributed by atoms with Crippen molar-refractivity contribution in [2.75, 3.05) is 44.9 Å². The Hall–Kier alpha value is -2.57. The van der Waals surface area contributed by atoms with Gasteiger partial charge >= 0.3 is 7.52 Å². The van der Waals surface area contributed by atoms with Crippen molar-refractivity contribution >= 4 is 18.9 Å². The zero-order valence-corrected chi connectivity index (χ0v) is 16.2. The molecule has 27 heavy (non-hydrogen) atoms. The van der Waals surface area contributed by atoms with Crippen LogP contribution in [0.3, 0.4) is 0 Å². The van der Waals surface area contributed by atoms with E-state index in [2.05, 4.69) is 4.90 Å². The predicted octanol–water partition coefficient (Wildman–Crippen LogP) is 3.63. The first-order valence-electron chi connectivity index (χ1n) is 8.55. The lowest BCUT2D eigenvalue weighted by Gasteiger charge is -2.38. The Kier molecular flexibility index (Phi) is 5.68. The second-order valence-corrected chi connectivity index (χ2v) is 8.61. The Morgan fingerprint density at radius 2 is 1.59 bits per heavy atom. The largest absolute Gasteiger partial charge is 0.493 e. The van der Waals surface area contributed by atoms with E-state index in [9.17, 15) is 14.7 Å². The molecule has 1 saturated heterocycles. The molecule has 144 valence electrons. The minimum absolute atomic E-state index is 0.0700. The van der Waals surface area contributed by atoms with Crippen LogP contribution in [0.25, 0.3) is 0 Å². The third-order valence-electron chi connectivity index (χ3n) is 4.53. The monoisotopic (exact) mass is 391 g/mol. The van der Waals surface area contributed by atoms with Crippen LogP contribution >= 0.6 is 7.52 Å². The van der Waals surface area contributed by atoms with Crippen LogP contribution in [0, 0.1) is 10.1 Å². The molecule has 8 nitrogen and oxygen atoms in total. The second-order valence-electron chi connectivity index (χ2n) is 6.26. The maximum Gasteiger partial charge on any atom is 0.316 e. The zero-order chi connectivity index (χ0) is 19.4. The molecule has 0 radical (unpaired) electrons. The van der Waals surface area contributed by atoms with Gasteiger partial charge in [0, 0.05) is 50.7 Å². The molecule has 1 atom stereocenters. The maximum absolute atomic E-state index is 13.1. The third-order valence-corrected chi connectivity index (χ3v) is 6.50. The second kappa shape index (κ2) is 7.98. The standard InChI is InChI=1S/C18H22N3O5P/c1-25-17-5-3-4-6-18(17)26-27(2,24)20-13-11-19(12-14-20)15-7-9-16(10-8-15)21(22)23/h3-10H,11-14H2,1-2H3. The highest BCUT2D eigenvalue weighted by molar-refractivity contribution is 7.56. The maximum atomic E-state index is 13.1. The third kappa shape index (κ3) is 4.40. The first-order chi connectivity index (χ1) is 12.9. The number of nitro groups is 1. The fraction of sp³-hybridized carbons (Fsp3) is 0.333. The van der Waals surface area contributed by atoms with Crippen LogP contribution in [-0.4, -0.2) is 49.5 Å². The molecule has 9 heteroatoms. The summed E-state index contributed by atoms with van der Waals surface area (Å²) >= 11 is 0. The Morgan fingerprint density at radius 1 is 1.00 bits per heavy atom. The summed E-state index contributed by atoms with van der Waals surface area (Å²) in [7, 11) is -1.48. The van der Waals surface area contributed by atoms with Crippen molar-refractivity contribution in [1.82, 2.24) is 4.67 Å². The summed E-state index contributed by atoms with van der Waals surface area (Å²) in [5, 5.41) is 10.8. The minimum atomic E-state index is -3.03. The molecule has 0 N–H and O–H groups in total. The van der Waals surface area contributed by atoms with Gasteiger partial charge in [0.25, 0.3) is 5.69 Å². The van der Waals surface area contributed by atoms with E-state index in [1.165, 1.54) is 12.1 Å². The molecule has 0 aromatic heterocycles. The summed E-state index contributed by atoms with van der Waals surface area (Å²) in [5.41, 5.74) is 0.984. The Balaban J connectivity index is 1.64. The summed E-state index contributed by atoms with van der Waals surface area (Å²) in [6, 6.07) is 13.6. The Bertz CT molecular complexity index is 850. The van der Waals surface area contributed by atoms with Gasteiger partial charge in [0.15, 0.2) is 11.5 Å². The van der Waals surface area contributed by atoms with Crippen molar-refractivity contribution in [3.05, 3.63) is 58.6 Å². The van der Waals surface area contributed by atoms with E-state index >= 15 is 0 Å². The van der Waals surface area contributed by atoms with Gasteiger partial charge < -0.3 is 14.2 Å². The summed E-state index contributed by atoms with van der Waals surface area (Å²) in [5.74, 6) is 1.01. The van der Waals surface area contributed by atoms with E-state index < -0.39 is 12.4 Å². The number of anilines is 1. The molecule has 1 aliphatic heterocycles. The van der Waals surface area contributed by atoms with E-state index in [0.29, 0.717) is 37.7 Å². The lowest BCUT2D eigenvalue weighted by atomic mass is 10.2. The number of rotatable bonds is 6. The molecule has 0 bridgehead atoms. The lowest BCUT2D eigenvalue weighted by molar-refractivity contribution is -0.384. The SMILES string of the molecule is COc1ccccc1OP(C)(=O)N1CCN(c2ccc([N+](=O)[O-])cc2)CC1. The van der Waals surface area contributed by atoms with Crippen LogP contribution in [-0.2, 0) is 4.57 Å². The van der Waals surface area contributed by atoms with Gasteiger partial charge in [-0.25, -0.2) is 4.67 Å². The zero-order valence-electron chi connectivity index (χ0n) is 15.3. The van der Waals surface area contributed by atoms with Crippen LogP contribution in [0.4, 0.5) is 11.4 Å². The van der Waals surface area contributed by atoms with Crippen LogP contribution in [0.15, 0.2) is 48.5 Å². The molecule has 1 fully saturated rings. The topological polar surface area (TPSA) is 85.2 Å². The molecule has 1 heterocycles. The van der Waals surface area contributed by atoms with Crippen molar-refractivity contribution in [1.29, 1.82) is 0 Å². The van der Waals surface area contributed by atoms with Gasteiger partial charge in [0.2, 0.25) is 0 Å². The van der Waals surface area contributed by atoms with E-state index in [-0.39, 0.29) is 5.69 Å². The molecule has 2 aromatic rings. The number of nitro benzene ring substituents is 1. The van der Waals surface area contributed by atoms with Crippen LogP contribution < -0.4 is 14.2 Å². The Morgan fingerprint density at radius 3 is 2.15 bits per heavy atom. The fourth-order valence-corrected chi connectivity index (χ4v) is 4.57. The number of non-ortho nitro benzene ring substituents is 1. The highest BCUT2D eigenvalue weighted by Gasteiger charge is 2.32. The average molecular weight is 391 g/mol. The Labute approximate surface area is 158 Å². The van der Waals surface area contributed by atoms with E-state index in [1.807, 2.05) is 16.8 Å². The molecule has 0 saturated carbocycles. The van der Waals surface area contributed by atoms with Gasteiger partial charge in [-0.1, -0.05) is 12.1 Å². The van der Waals surface area contributed by atoms with Crippen LogP contribution in [0.5, 0.6) is 11.5 Å². The van der Waals surface area contributed by atoms with Gasteiger partial charge in [-0.2, -0.15) is 0 Å². The quantitative estimate of drug-likeness (QED) is 0.422. The molecule has 1 unspecified atom stereocenters. The summed E-state index contributed by atoms with van der Waals surface area (Å²) < 4.78 is 26.0. The lowest BCUT2D eigenvalue weighted by Crippen LogP contribution is -2.45. The number of ether oxygens (including phenoxy) is 1. The van der Waals surface area contributed by atoms with Crippen molar-refractivity contribution in [3.63, 3.8) is 0 Å². The van der Waals surface area contributed by atoms with Crippen molar-refractivity contribution in [2.45, 2.75) is 0 Å². The highest BCUT2D eigenvalue weighted by atomic mass is 31.2. The first kappa shape index (κ1) is 19.2. The molecule has 0 amide bonds. The van der Waals surface area contributed by atoms with Gasteiger partial charge in [0.1, 0.15) is 0 Å².